The fraction of sp³-hybridized carbons (Fsp3) is 0.158. The molecule has 8 heteroatoms. The molecule has 3 heterocycles. The van der Waals surface area contributed by atoms with Gasteiger partial charge in [0, 0.05) is 24.0 Å². The van der Waals surface area contributed by atoms with E-state index < -0.39 is 17.4 Å². The minimum Gasteiger partial charge on any atom is -0.478 e. The van der Waals surface area contributed by atoms with Gasteiger partial charge in [0.05, 0.1) is 5.69 Å². The highest BCUT2D eigenvalue weighted by Gasteiger charge is 2.58. The van der Waals surface area contributed by atoms with Gasteiger partial charge >= 0.3 is 5.97 Å². The number of carbonyl (C=O) groups is 2. The van der Waals surface area contributed by atoms with Gasteiger partial charge < -0.3 is 5.11 Å². The maximum absolute atomic E-state index is 13.6. The Bertz CT molecular complexity index is 1130. The number of hydrogen-bond donors (Lipinski definition) is 1. The predicted molar refractivity (Wildman–Crippen MR) is 93.2 cm³/mol. The minimum absolute atomic E-state index is 0.0778. The lowest BCUT2D eigenvalue weighted by Crippen LogP contribution is -2.56. The van der Waals surface area contributed by atoms with Crippen LogP contribution in [0.3, 0.4) is 0 Å². The maximum atomic E-state index is 13.6. The zero-order valence-corrected chi connectivity index (χ0v) is 14.0. The molecule has 0 aliphatic carbocycles. The molecule has 1 N–H and O–H groups in total. The van der Waals surface area contributed by atoms with Crippen molar-refractivity contribution in [1.82, 2.24) is 14.8 Å². The van der Waals surface area contributed by atoms with Crippen molar-refractivity contribution in [1.29, 1.82) is 0 Å². The molecule has 134 valence electrons. The molecule has 7 nitrogen and oxygen atoms in total. The number of aromatic nitrogens is 3. The van der Waals surface area contributed by atoms with Crippen LogP contribution < -0.4 is 4.90 Å². The molecule has 0 spiro atoms. The molecule has 5 rings (SSSR count). The molecular weight excluding hydrogens is 351 g/mol. The average Bonchev–Trinajstić information content (AvgIpc) is 3.25. The Morgan fingerprint density at radius 1 is 1.19 bits per heavy atom. The predicted octanol–water partition coefficient (Wildman–Crippen LogP) is 2.63. The summed E-state index contributed by atoms with van der Waals surface area (Å²) >= 11 is 0. The summed E-state index contributed by atoms with van der Waals surface area (Å²) in [4.78, 5) is 30.7. The van der Waals surface area contributed by atoms with E-state index in [0.29, 0.717) is 22.6 Å². The number of carbonyl (C=O) groups excluding carboxylic acids is 1. The Morgan fingerprint density at radius 3 is 2.78 bits per heavy atom. The van der Waals surface area contributed by atoms with E-state index >= 15 is 0 Å². The molecule has 1 saturated heterocycles. The molecule has 1 unspecified atom stereocenters. The summed E-state index contributed by atoms with van der Waals surface area (Å²) in [5.41, 5.74) is -0.127. The fourth-order valence-electron chi connectivity index (χ4n) is 3.89. The summed E-state index contributed by atoms with van der Waals surface area (Å²) < 4.78 is 14.9. The average molecular weight is 364 g/mol. The maximum Gasteiger partial charge on any atom is 0.353 e. The number of para-hydroxylation sites is 1. The number of carboxylic acids is 1. The van der Waals surface area contributed by atoms with Gasteiger partial charge in [0.25, 0.3) is 0 Å². The molecule has 1 fully saturated rings. The molecule has 1 aromatic heterocycles. The largest absolute Gasteiger partial charge is 0.478 e. The number of nitrogens with zero attached hydrogens (tertiary/aromatic N) is 4. The molecule has 0 radical (unpaired) electrons. The van der Waals surface area contributed by atoms with Crippen LogP contribution in [-0.2, 0) is 15.3 Å². The molecule has 0 bridgehead atoms. The topological polar surface area (TPSA) is 88.3 Å². The molecular formula is C19H13FN4O3. The Balaban J connectivity index is 1.83. The first-order valence-corrected chi connectivity index (χ1v) is 8.42. The van der Waals surface area contributed by atoms with Crippen molar-refractivity contribution in [2.24, 2.45) is 0 Å². The second-order valence-corrected chi connectivity index (χ2v) is 6.55. The number of carboxylic acid groups (broad SMARTS) is 1. The molecule has 1 atom stereocenters. The number of halogens is 1. The highest BCUT2D eigenvalue weighted by atomic mass is 19.1. The van der Waals surface area contributed by atoms with Crippen LogP contribution in [0.15, 0.2) is 48.5 Å². The van der Waals surface area contributed by atoms with Crippen LogP contribution in [0.4, 0.5) is 10.1 Å². The van der Waals surface area contributed by atoms with E-state index in [1.54, 1.807) is 30.3 Å². The normalized spacial score (nSPS) is 20.2. The molecule has 27 heavy (non-hydrogen) atoms. The van der Waals surface area contributed by atoms with E-state index in [-0.39, 0.29) is 24.6 Å². The minimum atomic E-state index is -1.67. The van der Waals surface area contributed by atoms with Crippen LogP contribution in [0.1, 0.15) is 12.8 Å². The first kappa shape index (κ1) is 15.7. The van der Waals surface area contributed by atoms with Crippen molar-refractivity contribution in [3.8, 4) is 22.8 Å². The first-order chi connectivity index (χ1) is 13.0. The highest BCUT2D eigenvalue weighted by molar-refractivity contribution is 6.07. The SMILES string of the molecule is O=C1CCC2(C(=O)O)N1c1ccccc1-c1nc(-c3cccc(F)c3)nn12. The van der Waals surface area contributed by atoms with Gasteiger partial charge in [-0.3, -0.25) is 9.69 Å². The Morgan fingerprint density at radius 2 is 2.00 bits per heavy atom. The summed E-state index contributed by atoms with van der Waals surface area (Å²) in [6, 6.07) is 12.8. The third-order valence-corrected chi connectivity index (χ3v) is 5.08. The summed E-state index contributed by atoms with van der Waals surface area (Å²) in [5, 5.41) is 14.5. The van der Waals surface area contributed by atoms with Gasteiger partial charge in [0.1, 0.15) is 5.82 Å². The second-order valence-electron chi connectivity index (χ2n) is 6.55. The lowest BCUT2D eigenvalue weighted by molar-refractivity contribution is -0.148. The molecule has 1 amide bonds. The molecule has 3 aromatic rings. The zero-order valence-electron chi connectivity index (χ0n) is 14.0. The van der Waals surface area contributed by atoms with Crippen molar-refractivity contribution < 1.29 is 19.1 Å². The number of benzene rings is 2. The summed E-state index contributed by atoms with van der Waals surface area (Å²) in [6.45, 7) is 0. The van der Waals surface area contributed by atoms with Gasteiger partial charge in [-0.2, -0.15) is 0 Å². The number of amides is 1. The zero-order chi connectivity index (χ0) is 18.8. The van der Waals surface area contributed by atoms with Gasteiger partial charge in [-0.1, -0.05) is 24.3 Å². The number of hydrogen-bond acceptors (Lipinski definition) is 4. The third kappa shape index (κ3) is 1.95. The van der Waals surface area contributed by atoms with Gasteiger partial charge in [0.2, 0.25) is 11.6 Å². The second kappa shape index (κ2) is 5.23. The number of rotatable bonds is 2. The van der Waals surface area contributed by atoms with Gasteiger partial charge in [-0.15, -0.1) is 5.10 Å². The van der Waals surface area contributed by atoms with E-state index in [4.69, 9.17) is 0 Å². The fourth-order valence-corrected chi connectivity index (χ4v) is 3.89. The van der Waals surface area contributed by atoms with Gasteiger partial charge in [0.15, 0.2) is 11.6 Å². The van der Waals surface area contributed by atoms with Crippen LogP contribution in [0.5, 0.6) is 0 Å². The molecule has 2 aliphatic heterocycles. The van der Waals surface area contributed by atoms with Crippen molar-refractivity contribution in [2.45, 2.75) is 18.5 Å². The quantitative estimate of drug-likeness (QED) is 0.755. The smallest absolute Gasteiger partial charge is 0.353 e. The number of aliphatic carboxylic acids is 1. The standard InChI is InChI=1S/C19H13FN4O3/c20-12-5-3-4-11(10-12)16-21-17-13-6-1-2-7-14(13)23-15(25)8-9-19(23,18(26)27)24(17)22-16/h1-7,10H,8-9H2,(H,26,27). The summed E-state index contributed by atoms with van der Waals surface area (Å²) in [7, 11) is 0. The number of fused-ring (bicyclic) bond motifs is 6. The van der Waals surface area contributed by atoms with Crippen LogP contribution >= 0.6 is 0 Å². The van der Waals surface area contributed by atoms with Crippen LogP contribution in [0.25, 0.3) is 22.8 Å². The van der Waals surface area contributed by atoms with Crippen molar-refractivity contribution in [3.05, 3.63) is 54.3 Å². The van der Waals surface area contributed by atoms with Crippen LogP contribution in [0.2, 0.25) is 0 Å². The van der Waals surface area contributed by atoms with E-state index in [2.05, 4.69) is 10.1 Å². The summed E-state index contributed by atoms with van der Waals surface area (Å²) in [5.74, 6) is -1.34. The van der Waals surface area contributed by atoms with E-state index in [9.17, 15) is 19.1 Å². The van der Waals surface area contributed by atoms with E-state index in [1.165, 1.54) is 27.8 Å². The summed E-state index contributed by atoms with van der Waals surface area (Å²) in [6.07, 6.45) is 0.170. The number of anilines is 1. The lowest BCUT2D eigenvalue weighted by atomic mass is 10.0. The Kier molecular flexibility index (Phi) is 3.04. The first-order valence-electron chi connectivity index (χ1n) is 8.42. The van der Waals surface area contributed by atoms with Gasteiger partial charge in [-0.25, -0.2) is 18.9 Å². The molecule has 2 aliphatic rings. The Hall–Kier alpha value is -3.55. The van der Waals surface area contributed by atoms with Crippen molar-refractivity contribution in [2.75, 3.05) is 4.90 Å². The van der Waals surface area contributed by atoms with Crippen LogP contribution in [0, 0.1) is 5.82 Å². The van der Waals surface area contributed by atoms with Crippen LogP contribution in [-0.4, -0.2) is 31.7 Å². The van der Waals surface area contributed by atoms with Crippen molar-refractivity contribution in [3.63, 3.8) is 0 Å². The van der Waals surface area contributed by atoms with E-state index in [1.807, 2.05) is 0 Å². The highest BCUT2D eigenvalue weighted by Crippen LogP contribution is 2.48. The van der Waals surface area contributed by atoms with Crippen molar-refractivity contribution >= 4 is 17.6 Å². The van der Waals surface area contributed by atoms with Gasteiger partial charge in [-0.05, 0) is 24.3 Å². The van der Waals surface area contributed by atoms with E-state index in [0.717, 1.165) is 0 Å². The Labute approximate surface area is 152 Å². The molecule has 0 saturated carbocycles. The monoisotopic (exact) mass is 364 g/mol. The lowest BCUT2D eigenvalue weighted by Gasteiger charge is -2.39. The molecule has 2 aromatic carbocycles. The third-order valence-electron chi connectivity index (χ3n) is 5.08.